The van der Waals surface area contributed by atoms with Crippen LogP contribution in [0.15, 0.2) is 29.1 Å². The normalized spacial score (nSPS) is 16.4. The first-order chi connectivity index (χ1) is 10.8. The third-order valence-electron chi connectivity index (χ3n) is 3.77. The maximum absolute atomic E-state index is 12.1. The van der Waals surface area contributed by atoms with E-state index in [9.17, 15) is 9.59 Å². The fourth-order valence-corrected chi connectivity index (χ4v) is 2.94. The summed E-state index contributed by atoms with van der Waals surface area (Å²) in [5, 5.41) is 3.78. The maximum Gasteiger partial charge on any atom is 0.408 e. The Balaban J connectivity index is 2.03. The Morgan fingerprint density at radius 1 is 1.26 bits per heavy atom. The SMILES string of the molecule is COc1ccc2ccc(=O)n3c2c1[C@H](NC(=O)OC(C)(C)C)C3. The highest BCUT2D eigenvalue weighted by Gasteiger charge is 2.31. The van der Waals surface area contributed by atoms with Gasteiger partial charge in [-0.05, 0) is 44.4 Å². The van der Waals surface area contributed by atoms with Crippen molar-refractivity contribution in [2.45, 2.75) is 39.0 Å². The van der Waals surface area contributed by atoms with E-state index in [-0.39, 0.29) is 11.6 Å². The van der Waals surface area contributed by atoms with Crippen LogP contribution in [0.25, 0.3) is 10.9 Å². The second-order valence-electron chi connectivity index (χ2n) is 6.60. The minimum atomic E-state index is -0.581. The van der Waals surface area contributed by atoms with Crippen LogP contribution in [0.3, 0.4) is 0 Å². The van der Waals surface area contributed by atoms with Gasteiger partial charge in [0.1, 0.15) is 11.4 Å². The van der Waals surface area contributed by atoms with Crippen molar-refractivity contribution in [1.29, 1.82) is 0 Å². The summed E-state index contributed by atoms with van der Waals surface area (Å²) in [6.07, 6.45) is -0.512. The van der Waals surface area contributed by atoms with E-state index in [1.807, 2.05) is 32.9 Å². The Hall–Kier alpha value is -2.50. The molecule has 1 aromatic carbocycles. The zero-order chi connectivity index (χ0) is 16.8. The molecule has 1 aliphatic rings. The van der Waals surface area contributed by atoms with Gasteiger partial charge in [0.05, 0.1) is 25.2 Å². The average Bonchev–Trinajstić information content (AvgIpc) is 2.82. The van der Waals surface area contributed by atoms with Crippen molar-refractivity contribution < 1.29 is 14.3 Å². The number of rotatable bonds is 2. The number of alkyl carbamates (subject to hydrolysis) is 1. The Labute approximate surface area is 134 Å². The summed E-state index contributed by atoms with van der Waals surface area (Å²) in [6, 6.07) is 6.71. The minimum absolute atomic E-state index is 0.0968. The summed E-state index contributed by atoms with van der Waals surface area (Å²) in [7, 11) is 1.58. The highest BCUT2D eigenvalue weighted by Crippen LogP contribution is 2.37. The lowest BCUT2D eigenvalue weighted by atomic mass is 10.1. The van der Waals surface area contributed by atoms with Crippen LogP contribution >= 0.6 is 0 Å². The molecular formula is C17H20N2O4. The van der Waals surface area contributed by atoms with Crippen molar-refractivity contribution in [3.05, 3.63) is 40.2 Å². The number of carbonyl (C=O) groups is 1. The van der Waals surface area contributed by atoms with Gasteiger partial charge in [-0.15, -0.1) is 0 Å². The largest absolute Gasteiger partial charge is 0.496 e. The molecule has 0 saturated carbocycles. The minimum Gasteiger partial charge on any atom is -0.496 e. The standard InChI is InChI=1S/C17H20N2O4/c1-17(2,3)23-16(21)18-11-9-19-13(20)8-6-10-5-7-12(22-4)14(11)15(10)19/h5-8,11H,9H2,1-4H3,(H,18,21)/t11-/m1/s1. The van der Waals surface area contributed by atoms with Crippen LogP contribution in [0.1, 0.15) is 32.4 Å². The van der Waals surface area contributed by atoms with Crippen LogP contribution in [-0.2, 0) is 11.3 Å². The van der Waals surface area contributed by atoms with Gasteiger partial charge < -0.3 is 19.4 Å². The molecular weight excluding hydrogens is 296 g/mol. The molecule has 23 heavy (non-hydrogen) atoms. The summed E-state index contributed by atoms with van der Waals surface area (Å²) in [5.74, 6) is 0.649. The van der Waals surface area contributed by atoms with Gasteiger partial charge in [0.2, 0.25) is 0 Å². The van der Waals surface area contributed by atoms with E-state index in [4.69, 9.17) is 9.47 Å². The van der Waals surface area contributed by atoms with E-state index in [2.05, 4.69) is 5.32 Å². The molecule has 2 heterocycles. The van der Waals surface area contributed by atoms with Crippen molar-refractivity contribution >= 4 is 17.0 Å². The fourth-order valence-electron chi connectivity index (χ4n) is 2.94. The lowest BCUT2D eigenvalue weighted by Crippen LogP contribution is -2.35. The van der Waals surface area contributed by atoms with Gasteiger partial charge in [-0.1, -0.05) is 0 Å². The van der Waals surface area contributed by atoms with E-state index >= 15 is 0 Å². The Morgan fingerprint density at radius 2 is 1.96 bits per heavy atom. The highest BCUT2D eigenvalue weighted by molar-refractivity contribution is 5.87. The number of carbonyl (C=O) groups excluding carboxylic acids is 1. The first-order valence-electron chi connectivity index (χ1n) is 7.50. The molecule has 1 amide bonds. The molecule has 1 aliphatic heterocycles. The van der Waals surface area contributed by atoms with Crippen LogP contribution < -0.4 is 15.6 Å². The van der Waals surface area contributed by atoms with E-state index < -0.39 is 11.7 Å². The molecule has 0 saturated heterocycles. The zero-order valence-corrected chi connectivity index (χ0v) is 13.7. The van der Waals surface area contributed by atoms with Gasteiger partial charge in [0.15, 0.2) is 0 Å². The topological polar surface area (TPSA) is 69.6 Å². The van der Waals surface area contributed by atoms with Gasteiger partial charge in [-0.25, -0.2) is 4.79 Å². The lowest BCUT2D eigenvalue weighted by molar-refractivity contribution is 0.0501. The van der Waals surface area contributed by atoms with Gasteiger partial charge in [0.25, 0.3) is 5.56 Å². The number of amides is 1. The summed E-state index contributed by atoms with van der Waals surface area (Å²) in [4.78, 5) is 24.2. The average molecular weight is 316 g/mol. The summed E-state index contributed by atoms with van der Waals surface area (Å²) < 4.78 is 12.4. The Bertz CT molecular complexity index is 833. The van der Waals surface area contributed by atoms with E-state index in [0.717, 1.165) is 16.5 Å². The first-order valence-corrected chi connectivity index (χ1v) is 7.50. The maximum atomic E-state index is 12.1. The number of benzene rings is 1. The number of nitrogens with one attached hydrogen (secondary N) is 1. The first kappa shape index (κ1) is 15.4. The smallest absolute Gasteiger partial charge is 0.408 e. The van der Waals surface area contributed by atoms with Gasteiger partial charge >= 0.3 is 6.09 Å². The number of ether oxygens (including phenoxy) is 2. The number of pyridine rings is 1. The number of hydrogen-bond acceptors (Lipinski definition) is 4. The zero-order valence-electron chi connectivity index (χ0n) is 13.7. The molecule has 0 radical (unpaired) electrons. The number of hydrogen-bond donors (Lipinski definition) is 1. The van der Waals surface area contributed by atoms with Gasteiger partial charge in [0, 0.05) is 11.6 Å². The third-order valence-corrected chi connectivity index (χ3v) is 3.77. The lowest BCUT2D eigenvalue weighted by Gasteiger charge is -2.22. The van der Waals surface area contributed by atoms with E-state index in [1.54, 1.807) is 17.7 Å². The predicted octanol–water partition coefficient (Wildman–Crippen LogP) is 2.59. The third kappa shape index (κ3) is 2.76. The van der Waals surface area contributed by atoms with Crippen molar-refractivity contribution in [2.24, 2.45) is 0 Å². The number of nitrogens with zero attached hydrogens (tertiary/aromatic N) is 1. The number of aromatic nitrogens is 1. The second-order valence-corrected chi connectivity index (χ2v) is 6.60. The molecule has 2 aromatic rings. The molecule has 1 aromatic heterocycles. The van der Waals surface area contributed by atoms with Crippen LogP contribution in [0.2, 0.25) is 0 Å². The van der Waals surface area contributed by atoms with Crippen LogP contribution in [0.5, 0.6) is 5.75 Å². The highest BCUT2D eigenvalue weighted by atomic mass is 16.6. The quantitative estimate of drug-likeness (QED) is 0.924. The molecule has 1 atom stereocenters. The molecule has 0 spiro atoms. The van der Waals surface area contributed by atoms with E-state index in [0.29, 0.717) is 12.3 Å². The van der Waals surface area contributed by atoms with Crippen molar-refractivity contribution in [2.75, 3.05) is 7.11 Å². The van der Waals surface area contributed by atoms with Crippen LogP contribution in [0.4, 0.5) is 4.79 Å². The van der Waals surface area contributed by atoms with E-state index in [1.165, 1.54) is 6.07 Å². The molecule has 0 fully saturated rings. The second kappa shape index (κ2) is 5.30. The van der Waals surface area contributed by atoms with Crippen molar-refractivity contribution in [3.8, 4) is 5.75 Å². The van der Waals surface area contributed by atoms with Crippen molar-refractivity contribution in [3.63, 3.8) is 0 Å². The Kier molecular flexibility index (Phi) is 3.55. The van der Waals surface area contributed by atoms with Crippen LogP contribution in [-0.4, -0.2) is 23.4 Å². The molecule has 0 unspecified atom stereocenters. The van der Waals surface area contributed by atoms with Crippen LogP contribution in [0, 0.1) is 0 Å². The van der Waals surface area contributed by atoms with Gasteiger partial charge in [-0.2, -0.15) is 0 Å². The summed E-state index contributed by atoms with van der Waals surface area (Å²) in [6.45, 7) is 5.79. The van der Waals surface area contributed by atoms with Crippen molar-refractivity contribution in [1.82, 2.24) is 9.88 Å². The molecule has 0 bridgehead atoms. The fraction of sp³-hybridized carbons (Fsp3) is 0.412. The molecule has 6 heteroatoms. The Morgan fingerprint density at radius 3 is 2.61 bits per heavy atom. The molecule has 3 rings (SSSR count). The summed E-state index contributed by atoms with van der Waals surface area (Å²) >= 11 is 0. The summed E-state index contributed by atoms with van der Waals surface area (Å²) in [5.41, 5.74) is 0.939. The molecule has 0 aliphatic carbocycles. The molecule has 6 nitrogen and oxygen atoms in total. The molecule has 1 N–H and O–H groups in total. The number of methoxy groups -OCH3 is 1. The van der Waals surface area contributed by atoms with Gasteiger partial charge in [-0.3, -0.25) is 4.79 Å². The monoisotopic (exact) mass is 316 g/mol. The predicted molar refractivity (Wildman–Crippen MR) is 86.9 cm³/mol. The molecule has 122 valence electrons.